The number of benzene rings is 9. The van der Waals surface area contributed by atoms with Crippen molar-refractivity contribution in [3.05, 3.63) is 176 Å². The topological polar surface area (TPSA) is 51.8 Å². The summed E-state index contributed by atoms with van der Waals surface area (Å²) in [7, 11) is 0. The molecule has 0 saturated carbocycles. The second-order valence-corrected chi connectivity index (χ2v) is 13.6. The molecule has 0 aliphatic heterocycles. The molecule has 0 spiro atoms. The molecule has 0 radical (unpaired) electrons. The predicted molar refractivity (Wildman–Crippen MR) is 219 cm³/mol. The van der Waals surface area contributed by atoms with Crippen LogP contribution in [-0.2, 0) is 0 Å². The van der Waals surface area contributed by atoms with Crippen molar-refractivity contribution in [2.75, 3.05) is 0 Å². The van der Waals surface area contributed by atoms with Crippen LogP contribution in [0.15, 0.2) is 180 Å². The molecule has 0 aliphatic rings. The lowest BCUT2D eigenvalue weighted by molar-refractivity contribution is 0.670. The molecule has 0 amide bonds. The van der Waals surface area contributed by atoms with Crippen molar-refractivity contribution >= 4 is 65.0 Å². The van der Waals surface area contributed by atoms with Gasteiger partial charge in [-0.25, -0.2) is 15.0 Å². The van der Waals surface area contributed by atoms with Gasteiger partial charge in [0.25, 0.3) is 0 Å². The minimum Gasteiger partial charge on any atom is -0.455 e. The van der Waals surface area contributed by atoms with Crippen LogP contribution in [0, 0.1) is 0 Å². The van der Waals surface area contributed by atoms with Gasteiger partial charge in [0.2, 0.25) is 0 Å². The number of hydrogen-bond donors (Lipinski definition) is 0. The summed E-state index contributed by atoms with van der Waals surface area (Å²) in [5, 5.41) is 11.3. The molecule has 4 heteroatoms. The van der Waals surface area contributed by atoms with Gasteiger partial charge in [-0.2, -0.15) is 0 Å². The molecular formula is C49H29N3O. The number of aromatic nitrogens is 3. The number of furan rings is 1. The quantitative estimate of drug-likeness (QED) is 0.174. The van der Waals surface area contributed by atoms with Crippen molar-refractivity contribution in [3.63, 3.8) is 0 Å². The fraction of sp³-hybridized carbons (Fsp3) is 0. The Hall–Kier alpha value is -7.17. The second-order valence-electron chi connectivity index (χ2n) is 13.6. The van der Waals surface area contributed by atoms with E-state index in [1.807, 2.05) is 12.1 Å². The van der Waals surface area contributed by atoms with E-state index in [1.54, 1.807) is 0 Å². The fourth-order valence-electron chi connectivity index (χ4n) is 7.93. The predicted octanol–water partition coefficient (Wildman–Crippen LogP) is 13.1. The van der Waals surface area contributed by atoms with Gasteiger partial charge in [0, 0.05) is 33.0 Å². The molecule has 0 fully saturated rings. The van der Waals surface area contributed by atoms with Crippen LogP contribution in [0.1, 0.15) is 0 Å². The van der Waals surface area contributed by atoms with Crippen molar-refractivity contribution in [1.29, 1.82) is 0 Å². The number of hydrogen-bond acceptors (Lipinski definition) is 4. The first kappa shape index (κ1) is 29.5. The van der Waals surface area contributed by atoms with Crippen LogP contribution < -0.4 is 0 Å². The number of para-hydroxylation sites is 1. The van der Waals surface area contributed by atoms with Gasteiger partial charge in [0.15, 0.2) is 17.5 Å². The van der Waals surface area contributed by atoms with Gasteiger partial charge in [-0.3, -0.25) is 0 Å². The normalized spacial score (nSPS) is 11.8. The first-order valence-corrected chi connectivity index (χ1v) is 17.9. The van der Waals surface area contributed by atoms with Gasteiger partial charge in [0.05, 0.1) is 0 Å². The van der Waals surface area contributed by atoms with Gasteiger partial charge in [-0.15, -0.1) is 0 Å². The Morgan fingerprint density at radius 3 is 1.64 bits per heavy atom. The lowest BCUT2D eigenvalue weighted by atomic mass is 9.96. The van der Waals surface area contributed by atoms with Crippen molar-refractivity contribution in [2.24, 2.45) is 0 Å². The molecule has 9 aromatic carbocycles. The van der Waals surface area contributed by atoms with Gasteiger partial charge in [-0.05, 0) is 72.9 Å². The van der Waals surface area contributed by atoms with E-state index in [9.17, 15) is 0 Å². The highest BCUT2D eigenvalue weighted by atomic mass is 16.3. The van der Waals surface area contributed by atoms with E-state index in [2.05, 4.69) is 164 Å². The first-order valence-electron chi connectivity index (χ1n) is 17.9. The Morgan fingerprint density at radius 2 is 0.868 bits per heavy atom. The molecule has 11 rings (SSSR count). The van der Waals surface area contributed by atoms with Crippen molar-refractivity contribution in [2.45, 2.75) is 0 Å². The summed E-state index contributed by atoms with van der Waals surface area (Å²) < 4.78 is 6.72. The lowest BCUT2D eigenvalue weighted by Gasteiger charge is -2.13. The van der Waals surface area contributed by atoms with E-state index < -0.39 is 0 Å². The zero-order chi connectivity index (χ0) is 34.9. The van der Waals surface area contributed by atoms with Gasteiger partial charge < -0.3 is 4.42 Å². The Morgan fingerprint density at radius 1 is 0.321 bits per heavy atom. The molecule has 53 heavy (non-hydrogen) atoms. The smallest absolute Gasteiger partial charge is 0.164 e. The largest absolute Gasteiger partial charge is 0.455 e. The SMILES string of the molecule is c1ccc2cc(-c3nc(-c4cc5ccccc5c5ccccc45)nc(-c4cccc5oc6c(-c7ccc8ccccc8c7)cccc6c45)n3)ccc2c1. The first-order chi connectivity index (χ1) is 26.2. The zero-order valence-electron chi connectivity index (χ0n) is 28.5. The average Bonchev–Trinajstić information content (AvgIpc) is 3.62. The maximum atomic E-state index is 6.72. The minimum atomic E-state index is 0.597. The third kappa shape index (κ3) is 4.80. The van der Waals surface area contributed by atoms with Crippen molar-refractivity contribution < 1.29 is 4.42 Å². The van der Waals surface area contributed by atoms with E-state index in [1.165, 1.54) is 26.9 Å². The van der Waals surface area contributed by atoms with Crippen LogP contribution in [0.2, 0.25) is 0 Å². The van der Waals surface area contributed by atoms with Crippen LogP contribution in [0.5, 0.6) is 0 Å². The standard InChI is InChI=1S/C49H29N3O/c1-3-13-32-27-35(25-23-30(32)11-1)38-19-9-20-41-45-42(21-10-22-44(45)53-46(38)41)48-50-47(36-26-24-31-12-2-4-14-33(31)28-36)51-49(52-48)43-29-34-15-5-6-16-37(34)39-17-7-8-18-40(39)43/h1-29H. The monoisotopic (exact) mass is 675 g/mol. The molecule has 0 bridgehead atoms. The molecule has 11 aromatic rings. The average molecular weight is 676 g/mol. The van der Waals surface area contributed by atoms with Gasteiger partial charge in [0.1, 0.15) is 11.2 Å². The Kier molecular flexibility index (Phi) is 6.52. The van der Waals surface area contributed by atoms with Gasteiger partial charge >= 0.3 is 0 Å². The van der Waals surface area contributed by atoms with Gasteiger partial charge in [-0.1, -0.05) is 152 Å². The van der Waals surface area contributed by atoms with E-state index in [4.69, 9.17) is 19.4 Å². The summed E-state index contributed by atoms with van der Waals surface area (Å²) in [6, 6.07) is 61.6. The molecule has 2 aromatic heterocycles. The number of nitrogens with zero attached hydrogens (tertiary/aromatic N) is 3. The summed E-state index contributed by atoms with van der Waals surface area (Å²) in [4.78, 5) is 15.8. The lowest BCUT2D eigenvalue weighted by Crippen LogP contribution is -2.01. The van der Waals surface area contributed by atoms with Crippen molar-refractivity contribution in [3.8, 4) is 45.3 Å². The Balaban J connectivity index is 1.18. The number of fused-ring (bicyclic) bond motifs is 8. The van der Waals surface area contributed by atoms with Crippen LogP contribution >= 0.6 is 0 Å². The molecule has 0 saturated heterocycles. The molecule has 0 unspecified atom stereocenters. The summed E-state index contributed by atoms with van der Waals surface area (Å²) >= 11 is 0. The Labute approximate surface area is 304 Å². The van der Waals surface area contributed by atoms with Crippen molar-refractivity contribution in [1.82, 2.24) is 15.0 Å². The maximum absolute atomic E-state index is 6.72. The molecule has 4 nitrogen and oxygen atoms in total. The third-order valence-electron chi connectivity index (χ3n) is 10.5. The highest BCUT2D eigenvalue weighted by molar-refractivity contribution is 6.16. The second kappa shape index (κ2) is 11.7. The summed E-state index contributed by atoms with van der Waals surface area (Å²) in [6.07, 6.45) is 0. The molecule has 0 atom stereocenters. The number of rotatable bonds is 4. The zero-order valence-corrected chi connectivity index (χ0v) is 28.5. The highest BCUT2D eigenvalue weighted by Gasteiger charge is 2.21. The van der Waals surface area contributed by atoms with E-state index in [0.29, 0.717) is 17.5 Å². The summed E-state index contributed by atoms with van der Waals surface area (Å²) in [5.41, 5.74) is 6.58. The maximum Gasteiger partial charge on any atom is 0.164 e. The molecular weight excluding hydrogens is 647 g/mol. The Bertz CT molecular complexity index is 3250. The van der Waals surface area contributed by atoms with E-state index in [-0.39, 0.29) is 0 Å². The summed E-state index contributed by atoms with van der Waals surface area (Å²) in [6.45, 7) is 0. The van der Waals surface area contributed by atoms with Crippen LogP contribution in [0.3, 0.4) is 0 Å². The van der Waals surface area contributed by atoms with Crippen LogP contribution in [-0.4, -0.2) is 15.0 Å². The van der Waals surface area contributed by atoms with E-state index >= 15 is 0 Å². The molecule has 0 N–H and O–H groups in total. The summed E-state index contributed by atoms with van der Waals surface area (Å²) in [5.74, 6) is 1.84. The van der Waals surface area contributed by atoms with Crippen LogP contribution in [0.25, 0.3) is 110 Å². The third-order valence-corrected chi connectivity index (χ3v) is 10.5. The van der Waals surface area contributed by atoms with E-state index in [0.717, 1.165) is 65.9 Å². The molecule has 0 aliphatic carbocycles. The highest BCUT2D eigenvalue weighted by Crippen LogP contribution is 2.41. The van der Waals surface area contributed by atoms with Crippen LogP contribution in [0.4, 0.5) is 0 Å². The molecule has 2 heterocycles. The molecule has 246 valence electrons. The minimum absolute atomic E-state index is 0.597. The fourth-order valence-corrected chi connectivity index (χ4v) is 7.93.